The maximum absolute atomic E-state index is 12.2. The van der Waals surface area contributed by atoms with Crippen molar-refractivity contribution < 1.29 is 23.1 Å². The Morgan fingerprint density at radius 3 is 2.21 bits per heavy atom. The van der Waals surface area contributed by atoms with E-state index in [4.69, 9.17) is 0 Å². The number of carboxylic acid groups (broad SMARTS) is 1. The van der Waals surface area contributed by atoms with E-state index in [2.05, 4.69) is 5.32 Å². The van der Waals surface area contributed by atoms with Gasteiger partial charge in [-0.3, -0.25) is 9.59 Å². The summed E-state index contributed by atoms with van der Waals surface area (Å²) >= 11 is 1.05. The van der Waals surface area contributed by atoms with E-state index in [1.165, 1.54) is 11.4 Å². The molecule has 0 aliphatic heterocycles. The molecule has 1 amide bonds. The van der Waals surface area contributed by atoms with Gasteiger partial charge in [-0.1, -0.05) is 12.1 Å². The molecule has 1 aromatic heterocycles. The SMILES string of the molecule is CC(C)(C(=O)O)c1ccc(NC(=O)c2cc(S(C)(=O)=O)cs2)cc1. The van der Waals surface area contributed by atoms with Gasteiger partial charge in [-0.2, -0.15) is 0 Å². The fourth-order valence-electron chi connectivity index (χ4n) is 1.92. The number of carbonyl (C=O) groups excluding carboxylic acids is 1. The molecule has 0 bridgehead atoms. The molecule has 6 nitrogen and oxygen atoms in total. The Morgan fingerprint density at radius 2 is 1.75 bits per heavy atom. The van der Waals surface area contributed by atoms with Crippen LogP contribution in [-0.4, -0.2) is 31.7 Å². The first kappa shape index (κ1) is 18.2. The second-order valence-corrected chi connectivity index (χ2v) is 8.81. The van der Waals surface area contributed by atoms with Gasteiger partial charge in [0.1, 0.15) is 0 Å². The Balaban J connectivity index is 2.15. The van der Waals surface area contributed by atoms with Crippen molar-refractivity contribution in [1.29, 1.82) is 0 Å². The summed E-state index contributed by atoms with van der Waals surface area (Å²) in [7, 11) is -3.34. The lowest BCUT2D eigenvalue weighted by Gasteiger charge is -2.19. The molecule has 0 spiro atoms. The first-order chi connectivity index (χ1) is 11.0. The molecule has 8 heteroatoms. The average molecular weight is 367 g/mol. The highest BCUT2D eigenvalue weighted by atomic mass is 32.2. The lowest BCUT2D eigenvalue weighted by atomic mass is 9.85. The quantitative estimate of drug-likeness (QED) is 0.846. The highest BCUT2D eigenvalue weighted by Gasteiger charge is 2.29. The number of amides is 1. The molecule has 0 unspecified atom stereocenters. The minimum absolute atomic E-state index is 0.108. The highest BCUT2D eigenvalue weighted by Crippen LogP contribution is 2.25. The molecular weight excluding hydrogens is 350 g/mol. The zero-order valence-corrected chi connectivity index (χ0v) is 15.0. The van der Waals surface area contributed by atoms with Crippen LogP contribution in [0.3, 0.4) is 0 Å². The predicted octanol–water partition coefficient (Wildman–Crippen LogP) is 2.77. The zero-order valence-electron chi connectivity index (χ0n) is 13.4. The van der Waals surface area contributed by atoms with Crippen molar-refractivity contribution in [3.8, 4) is 0 Å². The summed E-state index contributed by atoms with van der Waals surface area (Å²) < 4.78 is 22.9. The van der Waals surface area contributed by atoms with Gasteiger partial charge in [0.2, 0.25) is 0 Å². The third-order valence-corrected chi connectivity index (χ3v) is 5.80. The fourth-order valence-corrected chi connectivity index (χ4v) is 3.83. The second-order valence-electron chi connectivity index (χ2n) is 5.88. The fraction of sp³-hybridized carbons (Fsp3) is 0.250. The molecule has 1 heterocycles. The van der Waals surface area contributed by atoms with E-state index in [1.807, 2.05) is 0 Å². The number of thiophene rings is 1. The molecule has 0 aliphatic rings. The molecule has 2 N–H and O–H groups in total. The molecule has 0 aliphatic carbocycles. The molecule has 2 rings (SSSR count). The molecule has 1 aromatic carbocycles. The normalized spacial score (nSPS) is 12.0. The van der Waals surface area contributed by atoms with E-state index in [0.29, 0.717) is 11.3 Å². The Morgan fingerprint density at radius 1 is 1.17 bits per heavy atom. The number of anilines is 1. The largest absolute Gasteiger partial charge is 0.481 e. The van der Waals surface area contributed by atoms with Crippen molar-refractivity contribution in [2.24, 2.45) is 0 Å². The van der Waals surface area contributed by atoms with Gasteiger partial charge in [0.25, 0.3) is 5.91 Å². The van der Waals surface area contributed by atoms with Gasteiger partial charge in [-0.05, 0) is 37.6 Å². The van der Waals surface area contributed by atoms with Crippen LogP contribution in [0.1, 0.15) is 29.1 Å². The number of carboxylic acids is 1. The number of hydrogen-bond donors (Lipinski definition) is 2. The minimum atomic E-state index is -3.34. The molecule has 0 saturated heterocycles. The van der Waals surface area contributed by atoms with Crippen molar-refractivity contribution in [3.63, 3.8) is 0 Å². The molecule has 0 atom stereocenters. The Kier molecular flexibility index (Phi) is 4.82. The standard InChI is InChI=1S/C16H17NO5S2/c1-16(2,15(19)20)10-4-6-11(7-5-10)17-14(18)13-8-12(9-23-13)24(3,21)22/h4-9H,1-3H3,(H,17,18)(H,19,20). The number of nitrogens with one attached hydrogen (secondary N) is 1. The minimum Gasteiger partial charge on any atom is -0.481 e. The lowest BCUT2D eigenvalue weighted by Crippen LogP contribution is -2.28. The van der Waals surface area contributed by atoms with Crippen LogP contribution in [0.2, 0.25) is 0 Å². The van der Waals surface area contributed by atoms with Crippen molar-refractivity contribution in [2.75, 3.05) is 11.6 Å². The van der Waals surface area contributed by atoms with Gasteiger partial charge in [-0.15, -0.1) is 11.3 Å². The van der Waals surface area contributed by atoms with Gasteiger partial charge in [-0.25, -0.2) is 8.42 Å². The maximum Gasteiger partial charge on any atom is 0.313 e. The molecule has 0 radical (unpaired) electrons. The van der Waals surface area contributed by atoms with Crippen LogP contribution in [-0.2, 0) is 20.0 Å². The zero-order chi connectivity index (χ0) is 18.1. The lowest BCUT2D eigenvalue weighted by molar-refractivity contribution is -0.142. The topological polar surface area (TPSA) is 101 Å². The van der Waals surface area contributed by atoms with Gasteiger partial charge in [0, 0.05) is 17.3 Å². The van der Waals surface area contributed by atoms with E-state index < -0.39 is 27.1 Å². The van der Waals surface area contributed by atoms with Gasteiger partial charge in [0.05, 0.1) is 15.2 Å². The summed E-state index contributed by atoms with van der Waals surface area (Å²) in [5.74, 6) is -1.36. The number of sulfone groups is 1. The number of rotatable bonds is 5. The highest BCUT2D eigenvalue weighted by molar-refractivity contribution is 7.90. The summed E-state index contributed by atoms with van der Waals surface area (Å²) in [6.45, 7) is 3.20. The van der Waals surface area contributed by atoms with Crippen LogP contribution in [0, 0.1) is 0 Å². The summed E-state index contributed by atoms with van der Waals surface area (Å²) in [6.07, 6.45) is 1.08. The van der Waals surface area contributed by atoms with Crippen LogP contribution in [0.25, 0.3) is 0 Å². The van der Waals surface area contributed by atoms with Crippen LogP contribution >= 0.6 is 11.3 Å². The number of benzene rings is 1. The summed E-state index contributed by atoms with van der Waals surface area (Å²) in [4.78, 5) is 23.8. The first-order valence-electron chi connectivity index (χ1n) is 6.95. The van der Waals surface area contributed by atoms with Gasteiger partial charge >= 0.3 is 5.97 Å². The van der Waals surface area contributed by atoms with Gasteiger partial charge < -0.3 is 10.4 Å². The molecule has 24 heavy (non-hydrogen) atoms. The van der Waals surface area contributed by atoms with E-state index in [0.717, 1.165) is 17.6 Å². The third kappa shape index (κ3) is 3.82. The van der Waals surface area contributed by atoms with Crippen molar-refractivity contribution >= 4 is 38.7 Å². The van der Waals surface area contributed by atoms with E-state index in [-0.39, 0.29) is 9.77 Å². The van der Waals surface area contributed by atoms with Gasteiger partial charge in [0.15, 0.2) is 9.84 Å². The smallest absolute Gasteiger partial charge is 0.313 e. The number of hydrogen-bond acceptors (Lipinski definition) is 5. The molecular formula is C16H17NO5S2. The van der Waals surface area contributed by atoms with Crippen molar-refractivity contribution in [1.82, 2.24) is 0 Å². The number of aliphatic carboxylic acids is 1. The summed E-state index contributed by atoms with van der Waals surface area (Å²) in [6, 6.07) is 7.84. The van der Waals surface area contributed by atoms with Crippen molar-refractivity contribution in [3.05, 3.63) is 46.2 Å². The summed E-state index contributed by atoms with van der Waals surface area (Å²) in [5, 5.41) is 13.3. The van der Waals surface area contributed by atoms with Crippen molar-refractivity contribution in [2.45, 2.75) is 24.2 Å². The van der Waals surface area contributed by atoms with Crippen LogP contribution < -0.4 is 5.32 Å². The second kappa shape index (κ2) is 6.37. The average Bonchev–Trinajstić information content (AvgIpc) is 2.97. The van der Waals surface area contributed by atoms with Crippen LogP contribution in [0.5, 0.6) is 0 Å². The Labute approximate surface area is 144 Å². The monoisotopic (exact) mass is 367 g/mol. The van der Waals surface area contributed by atoms with Crippen LogP contribution in [0.15, 0.2) is 40.6 Å². The maximum atomic E-state index is 12.2. The predicted molar refractivity (Wildman–Crippen MR) is 92.5 cm³/mol. The Hall–Kier alpha value is -2.19. The number of carbonyl (C=O) groups is 2. The molecule has 128 valence electrons. The first-order valence-corrected chi connectivity index (χ1v) is 9.73. The third-order valence-electron chi connectivity index (χ3n) is 3.63. The van der Waals surface area contributed by atoms with Crippen LogP contribution in [0.4, 0.5) is 5.69 Å². The van der Waals surface area contributed by atoms with E-state index in [9.17, 15) is 23.1 Å². The van der Waals surface area contributed by atoms with E-state index >= 15 is 0 Å². The molecule has 0 fully saturated rings. The summed E-state index contributed by atoms with van der Waals surface area (Å²) in [5.41, 5.74) is 0.0865. The molecule has 0 saturated carbocycles. The van der Waals surface area contributed by atoms with E-state index in [1.54, 1.807) is 38.1 Å². The Bertz CT molecular complexity index is 879. The molecule has 2 aromatic rings.